The Bertz CT molecular complexity index is 1040. The zero-order chi connectivity index (χ0) is 20.6. The Labute approximate surface area is 164 Å². The molecule has 1 fully saturated rings. The van der Waals surface area contributed by atoms with E-state index in [1.807, 2.05) is 0 Å². The number of methoxy groups -OCH3 is 1. The standard InChI is InChI=1S/C20H19F3N4O2/c1-29-16-7-6-15-17(25-16)26-18(24-15)19(28)27-10-8-12(9-11-27)13-4-2-3-5-14(13)20(21,22)23/h2-7,12H,8-11H2,1H3,(H,24,25,26). The minimum Gasteiger partial charge on any atom is -0.481 e. The van der Waals surface area contributed by atoms with Crippen molar-refractivity contribution in [2.24, 2.45) is 0 Å². The van der Waals surface area contributed by atoms with Crippen molar-refractivity contribution in [2.75, 3.05) is 20.2 Å². The summed E-state index contributed by atoms with van der Waals surface area (Å²) in [6, 6.07) is 9.06. The number of aromatic amines is 1. The molecule has 0 bridgehead atoms. The maximum atomic E-state index is 13.3. The van der Waals surface area contributed by atoms with Crippen molar-refractivity contribution in [3.8, 4) is 5.88 Å². The lowest BCUT2D eigenvalue weighted by Crippen LogP contribution is -2.38. The molecule has 0 unspecified atom stereocenters. The first-order valence-electron chi connectivity index (χ1n) is 9.23. The van der Waals surface area contributed by atoms with Crippen LogP contribution in [0.2, 0.25) is 0 Å². The highest BCUT2D eigenvalue weighted by Gasteiger charge is 2.36. The van der Waals surface area contributed by atoms with Gasteiger partial charge in [0, 0.05) is 19.2 Å². The molecule has 3 heterocycles. The van der Waals surface area contributed by atoms with Crippen molar-refractivity contribution >= 4 is 17.1 Å². The second-order valence-electron chi connectivity index (χ2n) is 6.96. The fourth-order valence-electron chi connectivity index (χ4n) is 3.74. The number of hydrogen-bond acceptors (Lipinski definition) is 4. The van der Waals surface area contributed by atoms with Crippen LogP contribution in [0.25, 0.3) is 11.2 Å². The number of benzene rings is 1. The Hall–Kier alpha value is -3.10. The minimum absolute atomic E-state index is 0.162. The number of carbonyl (C=O) groups excluding carboxylic acids is 1. The number of aromatic nitrogens is 3. The van der Waals surface area contributed by atoms with Gasteiger partial charge in [-0.1, -0.05) is 18.2 Å². The van der Waals surface area contributed by atoms with Crippen molar-refractivity contribution in [2.45, 2.75) is 24.9 Å². The molecule has 1 saturated heterocycles. The molecular formula is C20H19F3N4O2. The summed E-state index contributed by atoms with van der Waals surface area (Å²) in [7, 11) is 1.49. The van der Waals surface area contributed by atoms with Crippen LogP contribution in [0.1, 0.15) is 40.5 Å². The highest BCUT2D eigenvalue weighted by molar-refractivity contribution is 5.93. The van der Waals surface area contributed by atoms with E-state index < -0.39 is 11.7 Å². The number of imidazole rings is 1. The quantitative estimate of drug-likeness (QED) is 0.716. The van der Waals surface area contributed by atoms with E-state index in [2.05, 4.69) is 15.0 Å². The van der Waals surface area contributed by atoms with Gasteiger partial charge in [-0.3, -0.25) is 4.79 Å². The average molecular weight is 404 g/mol. The summed E-state index contributed by atoms with van der Waals surface area (Å²) in [5.41, 5.74) is 0.694. The van der Waals surface area contributed by atoms with Gasteiger partial charge in [-0.05, 0) is 36.5 Å². The second-order valence-corrected chi connectivity index (χ2v) is 6.96. The summed E-state index contributed by atoms with van der Waals surface area (Å²) >= 11 is 0. The fraction of sp³-hybridized carbons (Fsp3) is 0.350. The summed E-state index contributed by atoms with van der Waals surface area (Å²) in [5.74, 6) is 0.0324. The SMILES string of the molecule is COc1ccc2[nH]c(C(=O)N3CCC(c4ccccc4C(F)(F)F)CC3)nc2n1. The van der Waals surface area contributed by atoms with Crippen LogP contribution in [-0.4, -0.2) is 46.0 Å². The lowest BCUT2D eigenvalue weighted by Gasteiger charge is -2.32. The van der Waals surface area contributed by atoms with E-state index >= 15 is 0 Å². The molecule has 1 N–H and O–H groups in total. The number of alkyl halides is 3. The topological polar surface area (TPSA) is 71.1 Å². The number of piperidine rings is 1. The van der Waals surface area contributed by atoms with E-state index in [1.165, 1.54) is 19.2 Å². The number of carbonyl (C=O) groups is 1. The number of likely N-dealkylation sites (tertiary alicyclic amines) is 1. The van der Waals surface area contributed by atoms with E-state index in [0.29, 0.717) is 48.5 Å². The Morgan fingerprint density at radius 2 is 1.86 bits per heavy atom. The second kappa shape index (κ2) is 7.38. The fourth-order valence-corrected chi connectivity index (χ4v) is 3.74. The number of ether oxygens (including phenoxy) is 1. The van der Waals surface area contributed by atoms with Crippen LogP contribution in [0.5, 0.6) is 5.88 Å². The van der Waals surface area contributed by atoms with Gasteiger partial charge >= 0.3 is 6.18 Å². The third kappa shape index (κ3) is 3.76. The van der Waals surface area contributed by atoms with Crippen LogP contribution < -0.4 is 4.74 Å². The molecule has 9 heteroatoms. The highest BCUT2D eigenvalue weighted by Crippen LogP contribution is 2.38. The van der Waals surface area contributed by atoms with Crippen LogP contribution in [0.15, 0.2) is 36.4 Å². The molecule has 0 saturated carbocycles. The van der Waals surface area contributed by atoms with Crippen LogP contribution in [0.4, 0.5) is 13.2 Å². The monoisotopic (exact) mass is 404 g/mol. The molecule has 2 aromatic heterocycles. The van der Waals surface area contributed by atoms with Crippen LogP contribution in [-0.2, 0) is 6.18 Å². The normalized spacial score (nSPS) is 15.7. The van der Waals surface area contributed by atoms with Crippen LogP contribution in [0, 0.1) is 0 Å². The maximum Gasteiger partial charge on any atom is 0.416 e. The van der Waals surface area contributed by atoms with Crippen molar-refractivity contribution in [3.63, 3.8) is 0 Å². The smallest absolute Gasteiger partial charge is 0.416 e. The van der Waals surface area contributed by atoms with Gasteiger partial charge in [0.15, 0.2) is 11.5 Å². The Balaban J connectivity index is 1.48. The Morgan fingerprint density at radius 3 is 2.55 bits per heavy atom. The van der Waals surface area contributed by atoms with E-state index in [9.17, 15) is 18.0 Å². The highest BCUT2D eigenvalue weighted by atomic mass is 19.4. The van der Waals surface area contributed by atoms with E-state index in [0.717, 1.165) is 6.07 Å². The molecule has 0 spiro atoms. The lowest BCUT2D eigenvalue weighted by molar-refractivity contribution is -0.138. The first kappa shape index (κ1) is 19.2. The van der Waals surface area contributed by atoms with Gasteiger partial charge in [0.05, 0.1) is 18.2 Å². The molecule has 6 nitrogen and oxygen atoms in total. The van der Waals surface area contributed by atoms with E-state index in [1.54, 1.807) is 23.1 Å². The minimum atomic E-state index is -4.38. The Morgan fingerprint density at radius 1 is 1.14 bits per heavy atom. The number of rotatable bonds is 3. The molecule has 3 aromatic rings. The number of amides is 1. The molecule has 4 rings (SSSR count). The number of hydrogen-bond donors (Lipinski definition) is 1. The molecule has 1 amide bonds. The third-order valence-electron chi connectivity index (χ3n) is 5.22. The van der Waals surface area contributed by atoms with Gasteiger partial charge in [0.25, 0.3) is 5.91 Å². The first-order chi connectivity index (χ1) is 13.9. The number of fused-ring (bicyclic) bond motifs is 1. The van der Waals surface area contributed by atoms with Gasteiger partial charge in [0.1, 0.15) is 0 Å². The van der Waals surface area contributed by atoms with Gasteiger partial charge in [0.2, 0.25) is 5.88 Å². The predicted octanol–water partition coefficient (Wildman–Crippen LogP) is 4.01. The summed E-state index contributed by atoms with van der Waals surface area (Å²) in [5, 5.41) is 0. The number of pyridine rings is 1. The van der Waals surface area contributed by atoms with Crippen LogP contribution in [0.3, 0.4) is 0 Å². The molecule has 29 heavy (non-hydrogen) atoms. The first-order valence-corrected chi connectivity index (χ1v) is 9.23. The van der Waals surface area contributed by atoms with Crippen molar-refractivity contribution < 1.29 is 22.7 Å². The van der Waals surface area contributed by atoms with Gasteiger partial charge in [-0.15, -0.1) is 0 Å². The number of nitrogens with zero attached hydrogens (tertiary/aromatic N) is 3. The number of nitrogens with one attached hydrogen (secondary N) is 1. The number of H-pyrrole nitrogens is 1. The molecule has 0 aliphatic carbocycles. The molecular weight excluding hydrogens is 385 g/mol. The van der Waals surface area contributed by atoms with Crippen molar-refractivity contribution in [1.29, 1.82) is 0 Å². The average Bonchev–Trinajstić information content (AvgIpc) is 3.16. The zero-order valence-corrected chi connectivity index (χ0v) is 15.7. The van der Waals surface area contributed by atoms with E-state index in [4.69, 9.17) is 4.74 Å². The summed E-state index contributed by atoms with van der Waals surface area (Å²) in [6.45, 7) is 0.729. The summed E-state index contributed by atoms with van der Waals surface area (Å²) in [4.78, 5) is 25.8. The van der Waals surface area contributed by atoms with Gasteiger partial charge < -0.3 is 14.6 Å². The molecule has 152 valence electrons. The van der Waals surface area contributed by atoms with Gasteiger partial charge in [-0.25, -0.2) is 4.98 Å². The van der Waals surface area contributed by atoms with E-state index in [-0.39, 0.29) is 17.6 Å². The van der Waals surface area contributed by atoms with Crippen LogP contribution >= 0.6 is 0 Å². The van der Waals surface area contributed by atoms with Crippen molar-refractivity contribution in [3.05, 3.63) is 53.3 Å². The molecule has 1 aromatic carbocycles. The largest absolute Gasteiger partial charge is 0.481 e. The molecule has 0 atom stereocenters. The lowest BCUT2D eigenvalue weighted by atomic mass is 9.86. The third-order valence-corrected chi connectivity index (χ3v) is 5.22. The molecule has 1 aliphatic rings. The maximum absolute atomic E-state index is 13.3. The number of halogens is 3. The zero-order valence-electron chi connectivity index (χ0n) is 15.7. The molecule has 0 radical (unpaired) electrons. The summed E-state index contributed by atoms with van der Waals surface area (Å²) < 4.78 is 44.9. The Kier molecular flexibility index (Phi) is 4.89. The predicted molar refractivity (Wildman–Crippen MR) is 99.8 cm³/mol. The van der Waals surface area contributed by atoms with Gasteiger partial charge in [-0.2, -0.15) is 18.2 Å². The summed E-state index contributed by atoms with van der Waals surface area (Å²) in [6.07, 6.45) is -3.46. The van der Waals surface area contributed by atoms with Crippen molar-refractivity contribution in [1.82, 2.24) is 19.9 Å². The molecule has 1 aliphatic heterocycles.